The molecule has 0 aliphatic heterocycles. The molecule has 0 unspecified atom stereocenters. The van der Waals surface area contributed by atoms with Crippen LogP contribution >= 0.6 is 11.8 Å². The van der Waals surface area contributed by atoms with Crippen molar-refractivity contribution < 1.29 is 0 Å². The van der Waals surface area contributed by atoms with Crippen LogP contribution in [0.2, 0.25) is 0 Å². The highest BCUT2D eigenvalue weighted by Crippen LogP contribution is 2.29. The summed E-state index contributed by atoms with van der Waals surface area (Å²) in [6.07, 6.45) is 1.67. The summed E-state index contributed by atoms with van der Waals surface area (Å²) in [7, 11) is 0. The first-order chi connectivity index (χ1) is 8.99. The van der Waals surface area contributed by atoms with Gasteiger partial charge in [-0.15, -0.1) is 0 Å². The van der Waals surface area contributed by atoms with Gasteiger partial charge in [-0.05, 0) is 35.2 Å². The van der Waals surface area contributed by atoms with Crippen LogP contribution in [0, 0.1) is 11.3 Å². The molecule has 96 valence electrons. The Hall–Kier alpha value is -1.79. The number of nitrogens with zero attached hydrogens (tertiary/aromatic N) is 2. The van der Waals surface area contributed by atoms with E-state index in [1.54, 1.807) is 24.0 Å². The van der Waals surface area contributed by atoms with E-state index in [9.17, 15) is 0 Å². The van der Waals surface area contributed by atoms with Crippen molar-refractivity contribution in [1.29, 1.82) is 5.26 Å². The van der Waals surface area contributed by atoms with E-state index in [1.165, 1.54) is 5.56 Å². The molecule has 0 aliphatic carbocycles. The second-order valence-electron chi connectivity index (χ2n) is 5.37. The first kappa shape index (κ1) is 13.6. The molecular weight excluding hydrogens is 252 g/mol. The van der Waals surface area contributed by atoms with E-state index >= 15 is 0 Å². The van der Waals surface area contributed by atoms with Crippen molar-refractivity contribution in [3.8, 4) is 6.07 Å². The van der Waals surface area contributed by atoms with E-state index in [4.69, 9.17) is 5.26 Å². The molecule has 3 heteroatoms. The molecule has 1 aromatic heterocycles. The topological polar surface area (TPSA) is 36.7 Å². The summed E-state index contributed by atoms with van der Waals surface area (Å²) in [5.74, 6) is 0. The predicted octanol–water partition coefficient (Wildman–Crippen LogP) is 4.40. The van der Waals surface area contributed by atoms with E-state index in [1.807, 2.05) is 6.07 Å². The van der Waals surface area contributed by atoms with Gasteiger partial charge in [-0.1, -0.05) is 44.7 Å². The zero-order chi connectivity index (χ0) is 13.9. The first-order valence-electron chi connectivity index (χ1n) is 6.13. The minimum atomic E-state index is 0.169. The van der Waals surface area contributed by atoms with Gasteiger partial charge in [-0.25, -0.2) is 4.98 Å². The molecule has 0 radical (unpaired) electrons. The van der Waals surface area contributed by atoms with Crippen molar-refractivity contribution in [2.75, 3.05) is 0 Å². The van der Waals surface area contributed by atoms with Gasteiger partial charge in [0.1, 0.15) is 5.03 Å². The molecule has 0 fully saturated rings. The van der Waals surface area contributed by atoms with Crippen LogP contribution in [-0.4, -0.2) is 4.98 Å². The molecule has 0 atom stereocenters. The van der Waals surface area contributed by atoms with Gasteiger partial charge in [0.15, 0.2) is 0 Å². The Labute approximate surface area is 118 Å². The van der Waals surface area contributed by atoms with Crippen LogP contribution in [0.25, 0.3) is 0 Å². The summed E-state index contributed by atoms with van der Waals surface area (Å²) in [5.41, 5.74) is 2.13. The Morgan fingerprint density at radius 1 is 1.11 bits per heavy atom. The van der Waals surface area contributed by atoms with Gasteiger partial charge >= 0.3 is 0 Å². The predicted molar refractivity (Wildman–Crippen MR) is 78.2 cm³/mol. The highest BCUT2D eigenvalue weighted by molar-refractivity contribution is 7.99. The van der Waals surface area contributed by atoms with Gasteiger partial charge in [0.05, 0.1) is 11.6 Å². The Morgan fingerprint density at radius 3 is 2.37 bits per heavy atom. The molecule has 0 spiro atoms. The van der Waals surface area contributed by atoms with Gasteiger partial charge in [-0.2, -0.15) is 5.26 Å². The number of aromatic nitrogens is 1. The fraction of sp³-hybridized carbons (Fsp3) is 0.250. The van der Waals surface area contributed by atoms with E-state index in [0.717, 1.165) is 9.92 Å². The van der Waals surface area contributed by atoms with Crippen LogP contribution in [0.3, 0.4) is 0 Å². The minimum absolute atomic E-state index is 0.169. The van der Waals surface area contributed by atoms with Crippen LogP contribution in [-0.2, 0) is 5.41 Å². The molecule has 0 N–H and O–H groups in total. The molecule has 2 rings (SSSR count). The number of pyridine rings is 1. The molecule has 0 saturated carbocycles. The lowest BCUT2D eigenvalue weighted by Gasteiger charge is -2.18. The van der Waals surface area contributed by atoms with Crippen molar-refractivity contribution in [1.82, 2.24) is 4.98 Å². The third kappa shape index (κ3) is 3.59. The fourth-order valence-corrected chi connectivity index (χ4v) is 2.49. The summed E-state index contributed by atoms with van der Waals surface area (Å²) in [5, 5.41) is 9.72. The SMILES string of the molecule is CC(C)(C)c1ccc(Sc2cc(C#N)ccn2)cc1. The van der Waals surface area contributed by atoms with E-state index in [-0.39, 0.29) is 5.41 Å². The van der Waals surface area contributed by atoms with Crippen molar-refractivity contribution >= 4 is 11.8 Å². The van der Waals surface area contributed by atoms with Gasteiger partial charge < -0.3 is 0 Å². The maximum atomic E-state index is 8.87. The Kier molecular flexibility index (Phi) is 3.92. The van der Waals surface area contributed by atoms with Crippen LogP contribution in [0.5, 0.6) is 0 Å². The van der Waals surface area contributed by atoms with Crippen molar-refractivity contribution in [2.45, 2.75) is 36.1 Å². The van der Waals surface area contributed by atoms with Crippen molar-refractivity contribution in [3.05, 3.63) is 53.7 Å². The third-order valence-electron chi connectivity index (χ3n) is 2.81. The summed E-state index contributed by atoms with van der Waals surface area (Å²) in [6.45, 7) is 6.60. The van der Waals surface area contributed by atoms with Gasteiger partial charge in [0.2, 0.25) is 0 Å². The largest absolute Gasteiger partial charge is 0.250 e. The summed E-state index contributed by atoms with van der Waals surface area (Å²) in [6, 6.07) is 14.2. The lowest BCUT2D eigenvalue weighted by Crippen LogP contribution is -2.10. The van der Waals surface area contributed by atoms with Gasteiger partial charge in [-0.3, -0.25) is 0 Å². The van der Waals surface area contributed by atoms with Crippen LogP contribution in [0.15, 0.2) is 52.5 Å². The van der Waals surface area contributed by atoms with Gasteiger partial charge in [0, 0.05) is 11.1 Å². The van der Waals surface area contributed by atoms with Crippen LogP contribution in [0.4, 0.5) is 0 Å². The van der Waals surface area contributed by atoms with Crippen molar-refractivity contribution in [3.63, 3.8) is 0 Å². The van der Waals surface area contributed by atoms with Gasteiger partial charge in [0.25, 0.3) is 0 Å². The Morgan fingerprint density at radius 2 is 1.79 bits per heavy atom. The highest BCUT2D eigenvalue weighted by atomic mass is 32.2. The van der Waals surface area contributed by atoms with E-state index < -0.39 is 0 Å². The molecule has 19 heavy (non-hydrogen) atoms. The smallest absolute Gasteiger partial charge is 0.102 e. The normalized spacial score (nSPS) is 11.1. The average molecular weight is 268 g/mol. The summed E-state index contributed by atoms with van der Waals surface area (Å²) < 4.78 is 0. The zero-order valence-electron chi connectivity index (χ0n) is 11.3. The number of hydrogen-bond acceptors (Lipinski definition) is 3. The molecule has 2 nitrogen and oxygen atoms in total. The van der Waals surface area contributed by atoms with Crippen molar-refractivity contribution in [2.24, 2.45) is 0 Å². The quantitative estimate of drug-likeness (QED) is 0.810. The molecule has 0 saturated heterocycles. The number of hydrogen-bond donors (Lipinski definition) is 0. The molecule has 1 aromatic carbocycles. The zero-order valence-corrected chi connectivity index (χ0v) is 12.2. The molecule has 1 heterocycles. The average Bonchev–Trinajstić information content (AvgIpc) is 2.38. The second-order valence-corrected chi connectivity index (χ2v) is 6.46. The molecule has 0 bridgehead atoms. The van der Waals surface area contributed by atoms with Crippen LogP contribution < -0.4 is 0 Å². The fourth-order valence-electron chi connectivity index (χ4n) is 1.68. The third-order valence-corrected chi connectivity index (χ3v) is 3.75. The molecule has 0 aliphatic rings. The summed E-state index contributed by atoms with van der Waals surface area (Å²) >= 11 is 1.57. The van der Waals surface area contributed by atoms with E-state index in [0.29, 0.717) is 5.56 Å². The highest BCUT2D eigenvalue weighted by Gasteiger charge is 2.13. The Balaban J connectivity index is 2.18. The number of rotatable bonds is 2. The minimum Gasteiger partial charge on any atom is -0.250 e. The lowest BCUT2D eigenvalue weighted by atomic mass is 9.87. The maximum absolute atomic E-state index is 8.87. The number of benzene rings is 1. The summed E-state index contributed by atoms with van der Waals surface area (Å²) in [4.78, 5) is 5.40. The maximum Gasteiger partial charge on any atom is 0.102 e. The number of nitriles is 1. The second kappa shape index (κ2) is 5.46. The molecule has 2 aromatic rings. The molecular formula is C16H16N2S. The standard InChI is InChI=1S/C16H16N2S/c1-16(2,3)13-4-6-14(7-5-13)19-15-10-12(11-17)8-9-18-15/h4-10H,1-3H3. The first-order valence-corrected chi connectivity index (χ1v) is 6.95. The van der Waals surface area contributed by atoms with E-state index in [2.05, 4.69) is 56.1 Å². The monoisotopic (exact) mass is 268 g/mol. The van der Waals surface area contributed by atoms with Crippen LogP contribution in [0.1, 0.15) is 31.9 Å². The lowest BCUT2D eigenvalue weighted by molar-refractivity contribution is 0.590. The Bertz CT molecular complexity index is 604. The molecule has 0 amide bonds.